The molecule has 104 valence electrons. The maximum Gasteiger partial charge on any atom is 0.125 e. The number of hydrogen-bond donors (Lipinski definition) is 2. The number of nitriles is 1. The van der Waals surface area contributed by atoms with Gasteiger partial charge in [-0.25, -0.2) is 0 Å². The molecule has 1 rings (SSSR count). The largest absolute Gasteiger partial charge is 0.508 e. The molecule has 0 heterocycles. The standard InChI is InChI=1S/C14H20ClN3O/c1-3-18(4-2)8-7-17-13(10-16)12-9-11(15)5-6-14(12)19/h5-6,9,13,17,19H,3-4,7-8H2,1-2H3. The number of likely N-dealkylation sites (N-methyl/N-ethyl adjacent to an activating group) is 1. The summed E-state index contributed by atoms with van der Waals surface area (Å²) in [4.78, 5) is 2.26. The highest BCUT2D eigenvalue weighted by Crippen LogP contribution is 2.26. The number of aromatic hydroxyl groups is 1. The van der Waals surface area contributed by atoms with E-state index in [1.54, 1.807) is 12.1 Å². The van der Waals surface area contributed by atoms with Gasteiger partial charge in [-0.3, -0.25) is 5.32 Å². The fourth-order valence-electron chi connectivity index (χ4n) is 1.89. The Bertz CT molecular complexity index is 441. The van der Waals surface area contributed by atoms with Gasteiger partial charge in [0.25, 0.3) is 0 Å². The summed E-state index contributed by atoms with van der Waals surface area (Å²) in [6.07, 6.45) is 0. The van der Waals surface area contributed by atoms with Crippen LogP contribution in [-0.4, -0.2) is 36.2 Å². The third-order valence-corrected chi connectivity index (χ3v) is 3.34. The van der Waals surface area contributed by atoms with E-state index in [1.165, 1.54) is 6.07 Å². The van der Waals surface area contributed by atoms with Crippen LogP contribution in [0.4, 0.5) is 0 Å². The summed E-state index contributed by atoms with van der Waals surface area (Å²) in [5.41, 5.74) is 0.523. The van der Waals surface area contributed by atoms with Gasteiger partial charge in [-0.2, -0.15) is 5.26 Å². The van der Waals surface area contributed by atoms with Crippen LogP contribution in [0.15, 0.2) is 18.2 Å². The highest BCUT2D eigenvalue weighted by Gasteiger charge is 2.14. The van der Waals surface area contributed by atoms with E-state index in [1.807, 2.05) is 0 Å². The summed E-state index contributed by atoms with van der Waals surface area (Å²) in [5.74, 6) is 0.0892. The zero-order valence-electron chi connectivity index (χ0n) is 11.4. The number of halogens is 1. The van der Waals surface area contributed by atoms with Crippen LogP contribution in [0.2, 0.25) is 5.02 Å². The van der Waals surface area contributed by atoms with Crippen LogP contribution < -0.4 is 5.32 Å². The summed E-state index contributed by atoms with van der Waals surface area (Å²) in [6, 6.07) is 6.33. The van der Waals surface area contributed by atoms with E-state index in [0.29, 0.717) is 17.1 Å². The van der Waals surface area contributed by atoms with Gasteiger partial charge in [0, 0.05) is 23.7 Å². The van der Waals surface area contributed by atoms with E-state index in [9.17, 15) is 10.4 Å². The Morgan fingerprint density at radius 1 is 1.42 bits per heavy atom. The number of phenolic OH excluding ortho intramolecular Hbond substituents is 1. The van der Waals surface area contributed by atoms with Crippen molar-refractivity contribution in [3.63, 3.8) is 0 Å². The topological polar surface area (TPSA) is 59.3 Å². The SMILES string of the molecule is CCN(CC)CCNC(C#N)c1cc(Cl)ccc1O. The monoisotopic (exact) mass is 281 g/mol. The zero-order chi connectivity index (χ0) is 14.3. The van der Waals surface area contributed by atoms with Crippen molar-refractivity contribution in [3.05, 3.63) is 28.8 Å². The molecule has 2 N–H and O–H groups in total. The van der Waals surface area contributed by atoms with Gasteiger partial charge in [-0.05, 0) is 31.3 Å². The molecule has 0 saturated carbocycles. The second kappa shape index (κ2) is 8.00. The highest BCUT2D eigenvalue weighted by molar-refractivity contribution is 6.30. The van der Waals surface area contributed by atoms with E-state index in [-0.39, 0.29) is 5.75 Å². The number of nitrogens with zero attached hydrogens (tertiary/aromatic N) is 2. The lowest BCUT2D eigenvalue weighted by Crippen LogP contribution is -2.33. The minimum Gasteiger partial charge on any atom is -0.508 e. The maximum atomic E-state index is 9.78. The van der Waals surface area contributed by atoms with E-state index in [0.717, 1.165) is 19.6 Å². The van der Waals surface area contributed by atoms with Crippen molar-refractivity contribution in [2.75, 3.05) is 26.2 Å². The van der Waals surface area contributed by atoms with Crippen LogP contribution in [-0.2, 0) is 0 Å². The van der Waals surface area contributed by atoms with Crippen LogP contribution in [0.25, 0.3) is 0 Å². The van der Waals surface area contributed by atoms with Crippen molar-refractivity contribution in [3.8, 4) is 11.8 Å². The van der Waals surface area contributed by atoms with E-state index in [4.69, 9.17) is 11.6 Å². The Morgan fingerprint density at radius 3 is 2.68 bits per heavy atom. The molecule has 1 atom stereocenters. The third kappa shape index (κ3) is 4.71. The van der Waals surface area contributed by atoms with Gasteiger partial charge in [-0.15, -0.1) is 0 Å². The summed E-state index contributed by atoms with van der Waals surface area (Å²) in [6.45, 7) is 7.73. The highest BCUT2D eigenvalue weighted by atomic mass is 35.5. The van der Waals surface area contributed by atoms with Crippen LogP contribution in [0.5, 0.6) is 5.75 Å². The molecule has 1 unspecified atom stereocenters. The van der Waals surface area contributed by atoms with Crippen molar-refractivity contribution in [1.82, 2.24) is 10.2 Å². The van der Waals surface area contributed by atoms with Crippen molar-refractivity contribution >= 4 is 11.6 Å². The molecule has 19 heavy (non-hydrogen) atoms. The lowest BCUT2D eigenvalue weighted by atomic mass is 10.1. The van der Waals surface area contributed by atoms with Gasteiger partial charge in [0.15, 0.2) is 0 Å². The molecule has 0 aliphatic rings. The molecular weight excluding hydrogens is 262 g/mol. The van der Waals surface area contributed by atoms with Gasteiger partial charge in [-0.1, -0.05) is 25.4 Å². The Balaban J connectivity index is 2.64. The minimum atomic E-state index is -0.547. The molecule has 0 bridgehead atoms. The molecular formula is C14H20ClN3O. The first-order valence-electron chi connectivity index (χ1n) is 6.46. The number of benzene rings is 1. The van der Waals surface area contributed by atoms with Crippen molar-refractivity contribution in [2.45, 2.75) is 19.9 Å². The fourth-order valence-corrected chi connectivity index (χ4v) is 2.07. The van der Waals surface area contributed by atoms with Crippen LogP contribution in [0.1, 0.15) is 25.5 Å². The van der Waals surface area contributed by atoms with E-state index in [2.05, 4.69) is 30.1 Å². The second-order valence-electron chi connectivity index (χ2n) is 4.25. The average molecular weight is 282 g/mol. The Kier molecular flexibility index (Phi) is 6.65. The smallest absolute Gasteiger partial charge is 0.125 e. The van der Waals surface area contributed by atoms with Crippen molar-refractivity contribution in [1.29, 1.82) is 5.26 Å². The number of nitrogens with one attached hydrogen (secondary N) is 1. The molecule has 0 radical (unpaired) electrons. The molecule has 0 saturated heterocycles. The normalized spacial score (nSPS) is 12.4. The maximum absolute atomic E-state index is 9.78. The molecule has 5 heteroatoms. The number of phenols is 1. The predicted molar refractivity (Wildman–Crippen MR) is 77.3 cm³/mol. The molecule has 1 aromatic carbocycles. The fraction of sp³-hybridized carbons (Fsp3) is 0.500. The van der Waals surface area contributed by atoms with Gasteiger partial charge in [0.2, 0.25) is 0 Å². The molecule has 0 aliphatic carbocycles. The van der Waals surface area contributed by atoms with Gasteiger partial charge >= 0.3 is 0 Å². The zero-order valence-corrected chi connectivity index (χ0v) is 12.1. The molecule has 0 aliphatic heterocycles. The third-order valence-electron chi connectivity index (χ3n) is 3.10. The van der Waals surface area contributed by atoms with Crippen molar-refractivity contribution in [2.24, 2.45) is 0 Å². The second-order valence-corrected chi connectivity index (χ2v) is 4.68. The van der Waals surface area contributed by atoms with Gasteiger partial charge in [0.05, 0.1) is 6.07 Å². The Morgan fingerprint density at radius 2 is 2.11 bits per heavy atom. The first kappa shape index (κ1) is 15.8. The first-order chi connectivity index (χ1) is 9.12. The minimum absolute atomic E-state index is 0.0892. The molecule has 0 fully saturated rings. The number of rotatable bonds is 7. The Labute approximate surface area is 119 Å². The molecule has 0 aromatic heterocycles. The van der Waals surface area contributed by atoms with Gasteiger partial charge in [0.1, 0.15) is 11.8 Å². The quantitative estimate of drug-likeness (QED) is 0.806. The van der Waals surface area contributed by atoms with E-state index < -0.39 is 6.04 Å². The van der Waals surface area contributed by atoms with Gasteiger partial charge < -0.3 is 10.0 Å². The first-order valence-corrected chi connectivity index (χ1v) is 6.83. The van der Waals surface area contributed by atoms with Crippen molar-refractivity contribution < 1.29 is 5.11 Å². The average Bonchev–Trinajstić information content (AvgIpc) is 2.42. The van der Waals surface area contributed by atoms with Crippen LogP contribution in [0, 0.1) is 11.3 Å². The lowest BCUT2D eigenvalue weighted by Gasteiger charge is -2.20. The summed E-state index contributed by atoms with van der Waals surface area (Å²) < 4.78 is 0. The van der Waals surface area contributed by atoms with Crippen LogP contribution >= 0.6 is 11.6 Å². The molecule has 4 nitrogen and oxygen atoms in total. The summed E-state index contributed by atoms with van der Waals surface area (Å²) in [5, 5.41) is 22.6. The number of hydrogen-bond acceptors (Lipinski definition) is 4. The Hall–Kier alpha value is -1.28. The summed E-state index contributed by atoms with van der Waals surface area (Å²) in [7, 11) is 0. The predicted octanol–water partition coefficient (Wildman–Crippen LogP) is 2.54. The lowest BCUT2D eigenvalue weighted by molar-refractivity contribution is 0.299. The molecule has 1 aromatic rings. The molecule has 0 spiro atoms. The summed E-state index contributed by atoms with van der Waals surface area (Å²) >= 11 is 5.89. The van der Waals surface area contributed by atoms with Crippen LogP contribution in [0.3, 0.4) is 0 Å². The molecule has 0 amide bonds. The van der Waals surface area contributed by atoms with E-state index >= 15 is 0 Å².